The molecule has 3 aromatic rings. The van der Waals surface area contributed by atoms with Crippen molar-refractivity contribution < 1.29 is 13.9 Å². The lowest BCUT2D eigenvalue weighted by molar-refractivity contribution is 0.0951. The summed E-state index contributed by atoms with van der Waals surface area (Å²) < 4.78 is 18.1. The van der Waals surface area contributed by atoms with Crippen LogP contribution in [-0.2, 0) is 13.0 Å². The van der Waals surface area contributed by atoms with Crippen LogP contribution in [0, 0.1) is 12.7 Å². The molecule has 0 bridgehead atoms. The molecule has 1 amide bonds. The first-order chi connectivity index (χ1) is 12.5. The van der Waals surface area contributed by atoms with E-state index in [1.54, 1.807) is 54.8 Å². The van der Waals surface area contributed by atoms with Crippen LogP contribution in [0.4, 0.5) is 4.39 Å². The van der Waals surface area contributed by atoms with E-state index in [4.69, 9.17) is 4.74 Å². The van der Waals surface area contributed by atoms with E-state index in [2.05, 4.69) is 10.3 Å². The Morgan fingerprint density at radius 1 is 1.15 bits per heavy atom. The number of halogens is 1. The van der Waals surface area contributed by atoms with Crippen LogP contribution in [0.1, 0.15) is 31.5 Å². The Hall–Kier alpha value is -2.73. The van der Waals surface area contributed by atoms with Crippen LogP contribution in [0.2, 0.25) is 0 Å². The van der Waals surface area contributed by atoms with Crippen molar-refractivity contribution in [2.24, 2.45) is 0 Å². The molecule has 6 heteroatoms. The van der Waals surface area contributed by atoms with Crippen LogP contribution in [0.15, 0.2) is 48.5 Å². The van der Waals surface area contributed by atoms with Crippen molar-refractivity contribution in [3.8, 4) is 5.75 Å². The van der Waals surface area contributed by atoms with Crippen molar-refractivity contribution in [1.82, 2.24) is 10.3 Å². The highest BCUT2D eigenvalue weighted by atomic mass is 32.1. The predicted molar refractivity (Wildman–Crippen MR) is 100 cm³/mol. The number of nitrogens with one attached hydrogen (secondary N) is 1. The fourth-order valence-corrected chi connectivity index (χ4v) is 3.56. The van der Waals surface area contributed by atoms with Crippen molar-refractivity contribution in [2.75, 3.05) is 7.11 Å². The van der Waals surface area contributed by atoms with E-state index in [1.807, 2.05) is 6.92 Å². The zero-order chi connectivity index (χ0) is 18.5. The van der Waals surface area contributed by atoms with E-state index >= 15 is 0 Å². The molecule has 1 heterocycles. The van der Waals surface area contributed by atoms with Gasteiger partial charge < -0.3 is 10.1 Å². The molecule has 0 spiro atoms. The molecule has 0 unspecified atom stereocenters. The number of nitrogens with zero attached hydrogens (tertiary/aromatic N) is 1. The zero-order valence-corrected chi connectivity index (χ0v) is 15.4. The van der Waals surface area contributed by atoms with Gasteiger partial charge in [-0.1, -0.05) is 12.1 Å². The maximum atomic E-state index is 13.0. The summed E-state index contributed by atoms with van der Waals surface area (Å²) in [4.78, 5) is 17.9. The van der Waals surface area contributed by atoms with Gasteiger partial charge in [0.2, 0.25) is 0 Å². The molecule has 26 heavy (non-hydrogen) atoms. The molecule has 3 rings (SSSR count). The largest absolute Gasteiger partial charge is 0.497 e. The van der Waals surface area contributed by atoms with E-state index in [-0.39, 0.29) is 11.7 Å². The van der Waals surface area contributed by atoms with Crippen molar-refractivity contribution in [3.63, 3.8) is 0 Å². The van der Waals surface area contributed by atoms with Gasteiger partial charge in [-0.3, -0.25) is 4.79 Å². The molecule has 1 N–H and O–H groups in total. The average molecular weight is 370 g/mol. The number of ether oxygens (including phenoxy) is 1. The van der Waals surface area contributed by atoms with Crippen LogP contribution >= 0.6 is 11.3 Å². The number of hydrogen-bond acceptors (Lipinski definition) is 4. The lowest BCUT2D eigenvalue weighted by Crippen LogP contribution is -2.22. The lowest BCUT2D eigenvalue weighted by Gasteiger charge is -2.04. The topological polar surface area (TPSA) is 51.2 Å². The number of benzene rings is 2. The number of carbonyl (C=O) groups is 1. The molecule has 0 saturated carbocycles. The van der Waals surface area contributed by atoms with E-state index in [1.165, 1.54) is 12.1 Å². The minimum atomic E-state index is -0.239. The highest BCUT2D eigenvalue weighted by molar-refractivity contribution is 7.11. The summed E-state index contributed by atoms with van der Waals surface area (Å²) in [6.07, 6.45) is 0.705. The quantitative estimate of drug-likeness (QED) is 0.710. The van der Waals surface area contributed by atoms with Gasteiger partial charge in [-0.05, 0) is 48.9 Å². The van der Waals surface area contributed by atoms with Crippen LogP contribution in [0.5, 0.6) is 5.75 Å². The van der Waals surface area contributed by atoms with Gasteiger partial charge in [0.15, 0.2) is 0 Å². The first-order valence-electron chi connectivity index (χ1n) is 8.17. The summed E-state index contributed by atoms with van der Waals surface area (Å²) in [5.41, 5.74) is 2.55. The molecule has 4 nitrogen and oxygen atoms in total. The number of hydrogen-bond donors (Lipinski definition) is 1. The summed E-state index contributed by atoms with van der Waals surface area (Å²) in [6, 6.07) is 13.4. The number of amides is 1. The van der Waals surface area contributed by atoms with Crippen LogP contribution in [-0.4, -0.2) is 18.0 Å². The predicted octanol–water partition coefficient (Wildman–Crippen LogP) is 4.12. The Morgan fingerprint density at radius 2 is 1.85 bits per heavy atom. The van der Waals surface area contributed by atoms with Crippen molar-refractivity contribution in [2.45, 2.75) is 19.9 Å². The Labute approximate surface area is 155 Å². The van der Waals surface area contributed by atoms with Gasteiger partial charge in [0, 0.05) is 16.9 Å². The number of rotatable bonds is 6. The lowest BCUT2D eigenvalue weighted by atomic mass is 10.1. The molecule has 0 atom stereocenters. The molecular formula is C20H19FN2O2S. The molecule has 0 radical (unpaired) electrons. The number of carbonyl (C=O) groups excluding carboxylic acids is 1. The van der Waals surface area contributed by atoms with Crippen LogP contribution < -0.4 is 10.1 Å². The second-order valence-corrected chi connectivity index (χ2v) is 7.00. The minimum Gasteiger partial charge on any atom is -0.497 e. The highest BCUT2D eigenvalue weighted by Crippen LogP contribution is 2.22. The van der Waals surface area contributed by atoms with E-state index < -0.39 is 0 Å². The van der Waals surface area contributed by atoms with Crippen molar-refractivity contribution in [1.29, 1.82) is 0 Å². The van der Waals surface area contributed by atoms with Gasteiger partial charge in [0.1, 0.15) is 16.6 Å². The molecule has 0 aliphatic rings. The maximum Gasteiger partial charge on any atom is 0.251 e. The molecule has 0 fully saturated rings. The Morgan fingerprint density at radius 3 is 2.50 bits per heavy atom. The number of methoxy groups -OCH3 is 1. The molecule has 0 aliphatic heterocycles. The minimum absolute atomic E-state index is 0.152. The maximum absolute atomic E-state index is 13.0. The normalized spacial score (nSPS) is 10.6. The average Bonchev–Trinajstić information content (AvgIpc) is 3.01. The number of aryl methyl sites for hydroxylation is 1. The third-order valence-corrected chi connectivity index (χ3v) is 5.12. The molecule has 134 valence electrons. The van der Waals surface area contributed by atoms with Gasteiger partial charge in [-0.25, -0.2) is 9.37 Å². The summed E-state index contributed by atoms with van der Waals surface area (Å²) in [5.74, 6) is 0.319. The Balaban J connectivity index is 1.61. The Kier molecular flexibility index (Phi) is 5.63. The fourth-order valence-electron chi connectivity index (χ4n) is 2.52. The molecule has 0 aliphatic carbocycles. The van der Waals surface area contributed by atoms with Gasteiger partial charge in [0.05, 0.1) is 19.3 Å². The van der Waals surface area contributed by atoms with E-state index in [9.17, 15) is 9.18 Å². The monoisotopic (exact) mass is 370 g/mol. The first-order valence-corrected chi connectivity index (χ1v) is 8.98. The highest BCUT2D eigenvalue weighted by Gasteiger charge is 2.11. The smallest absolute Gasteiger partial charge is 0.251 e. The second-order valence-electron chi connectivity index (χ2n) is 5.83. The third kappa shape index (κ3) is 4.46. The fraction of sp³-hybridized carbons (Fsp3) is 0.200. The van der Waals surface area contributed by atoms with Gasteiger partial charge >= 0.3 is 0 Å². The molecular weight excluding hydrogens is 351 g/mol. The summed E-state index contributed by atoms with van der Waals surface area (Å²) in [7, 11) is 1.59. The van der Waals surface area contributed by atoms with Gasteiger partial charge in [0.25, 0.3) is 5.91 Å². The standard InChI is InChI=1S/C20H19FN2O2S/c1-13-18(11-14-3-7-16(21)8-4-14)26-19(23-13)12-22-20(24)15-5-9-17(25-2)10-6-15/h3-10H,11-12H2,1-2H3,(H,22,24). The summed E-state index contributed by atoms with van der Waals surface area (Å²) >= 11 is 1.56. The third-order valence-electron chi connectivity index (χ3n) is 3.97. The van der Waals surface area contributed by atoms with Crippen molar-refractivity contribution in [3.05, 3.63) is 81.1 Å². The summed E-state index contributed by atoms with van der Waals surface area (Å²) in [6.45, 7) is 2.32. The van der Waals surface area contributed by atoms with E-state index in [0.717, 1.165) is 21.1 Å². The van der Waals surface area contributed by atoms with Crippen LogP contribution in [0.25, 0.3) is 0 Å². The first kappa shape index (κ1) is 18.1. The number of aromatic nitrogens is 1. The zero-order valence-electron chi connectivity index (χ0n) is 14.6. The van der Waals surface area contributed by atoms with E-state index in [0.29, 0.717) is 24.3 Å². The van der Waals surface area contributed by atoms with Crippen LogP contribution in [0.3, 0.4) is 0 Å². The second kappa shape index (κ2) is 8.10. The Bertz CT molecular complexity index is 889. The van der Waals surface area contributed by atoms with Gasteiger partial charge in [-0.2, -0.15) is 0 Å². The SMILES string of the molecule is COc1ccc(C(=O)NCc2nc(C)c(Cc3ccc(F)cc3)s2)cc1. The summed E-state index contributed by atoms with van der Waals surface area (Å²) in [5, 5.41) is 3.73. The number of thiazole rings is 1. The molecule has 0 saturated heterocycles. The van der Waals surface area contributed by atoms with Gasteiger partial charge in [-0.15, -0.1) is 11.3 Å². The van der Waals surface area contributed by atoms with Crippen molar-refractivity contribution >= 4 is 17.2 Å². The molecule has 1 aromatic heterocycles. The molecule has 2 aromatic carbocycles.